The minimum atomic E-state index is -3.21. The first-order valence-corrected chi connectivity index (χ1v) is 7.54. The quantitative estimate of drug-likeness (QED) is 0.482. The highest BCUT2D eigenvalue weighted by Crippen LogP contribution is 2.43. The molecule has 0 aliphatic carbocycles. The van der Waals surface area contributed by atoms with Crippen LogP contribution in [0.25, 0.3) is 0 Å². The highest BCUT2D eigenvalue weighted by Gasteiger charge is 2.68. The van der Waals surface area contributed by atoms with E-state index in [0.717, 1.165) is 12.3 Å². The Morgan fingerprint density at radius 3 is 2.38 bits per heavy atom. The number of aromatic amines is 1. The van der Waals surface area contributed by atoms with E-state index in [4.69, 9.17) is 4.74 Å². The van der Waals surface area contributed by atoms with Gasteiger partial charge in [-0.05, 0) is 0 Å². The Morgan fingerprint density at radius 1 is 1.19 bits per heavy atom. The average Bonchev–Trinajstić information content (AvgIpc) is 2.84. The molecule has 4 atom stereocenters. The van der Waals surface area contributed by atoms with Gasteiger partial charge in [-0.2, -0.15) is 0 Å². The van der Waals surface area contributed by atoms with Crippen LogP contribution in [0.2, 0.25) is 0 Å². The number of aliphatic hydroxyl groups excluding tert-OH is 3. The minimum Gasteiger partial charge on any atom is -0.390 e. The third-order valence-corrected chi connectivity index (χ3v) is 4.23. The SMILES string of the molecule is O=C(c1ccccc1)[C@@]1(n2ccc(=O)[nH]c2=O)O[C@](F)(CO)[C@@H](O)[C@H]1O. The molecule has 26 heavy (non-hydrogen) atoms. The summed E-state index contributed by atoms with van der Waals surface area (Å²) in [5.41, 5.74) is -4.76. The lowest BCUT2D eigenvalue weighted by molar-refractivity contribution is -0.228. The van der Waals surface area contributed by atoms with E-state index in [0.29, 0.717) is 4.57 Å². The Balaban J connectivity index is 2.29. The van der Waals surface area contributed by atoms with Gasteiger partial charge in [-0.25, -0.2) is 9.18 Å². The van der Waals surface area contributed by atoms with Crippen molar-refractivity contribution in [3.8, 4) is 0 Å². The lowest BCUT2D eigenvalue weighted by atomic mass is 9.93. The summed E-state index contributed by atoms with van der Waals surface area (Å²) in [6, 6.07) is 8.11. The lowest BCUT2D eigenvalue weighted by Crippen LogP contribution is -2.56. The van der Waals surface area contributed by atoms with Gasteiger partial charge in [0, 0.05) is 17.8 Å². The Morgan fingerprint density at radius 2 is 1.85 bits per heavy atom. The lowest BCUT2D eigenvalue weighted by Gasteiger charge is -2.32. The van der Waals surface area contributed by atoms with Gasteiger partial charge in [-0.3, -0.25) is 19.1 Å². The largest absolute Gasteiger partial charge is 0.390 e. The predicted molar refractivity (Wildman–Crippen MR) is 84.1 cm³/mol. The standard InChI is InChI=1S/C16H15FN2O7/c17-15(8-20)12(23)13(24)16(26-15,11(22)9-4-2-1-3-5-9)19-7-6-10(21)18-14(19)25/h1-7,12-13,20,23-24H,8H2,(H,18,21,25)/t12-,13+,15+,16+/m0/s1. The number of ether oxygens (including phenoxy) is 1. The molecule has 0 amide bonds. The molecule has 1 saturated heterocycles. The zero-order chi connectivity index (χ0) is 19.1. The fourth-order valence-corrected chi connectivity index (χ4v) is 2.91. The van der Waals surface area contributed by atoms with Gasteiger partial charge < -0.3 is 20.1 Å². The van der Waals surface area contributed by atoms with Crippen molar-refractivity contribution in [3.63, 3.8) is 0 Å². The monoisotopic (exact) mass is 366 g/mol. The maximum absolute atomic E-state index is 14.7. The van der Waals surface area contributed by atoms with Crippen molar-refractivity contribution in [1.29, 1.82) is 0 Å². The number of nitrogens with one attached hydrogen (secondary N) is 1. The number of aromatic nitrogens is 2. The molecule has 3 rings (SSSR count). The number of hydrogen-bond donors (Lipinski definition) is 4. The van der Waals surface area contributed by atoms with E-state index in [-0.39, 0.29) is 5.56 Å². The second-order valence-corrected chi connectivity index (χ2v) is 5.81. The molecule has 138 valence electrons. The van der Waals surface area contributed by atoms with Gasteiger partial charge in [-0.15, -0.1) is 0 Å². The number of rotatable bonds is 4. The zero-order valence-corrected chi connectivity index (χ0v) is 13.2. The summed E-state index contributed by atoms with van der Waals surface area (Å²) >= 11 is 0. The Kier molecular flexibility index (Phi) is 4.36. The van der Waals surface area contributed by atoms with Crippen LogP contribution in [0, 0.1) is 0 Å². The van der Waals surface area contributed by atoms with E-state index >= 15 is 0 Å². The molecular formula is C16H15FN2O7. The first kappa shape index (κ1) is 18.1. The van der Waals surface area contributed by atoms with Gasteiger partial charge in [0.2, 0.25) is 11.5 Å². The van der Waals surface area contributed by atoms with Crippen LogP contribution in [0.5, 0.6) is 0 Å². The third kappa shape index (κ3) is 2.51. The number of H-pyrrole nitrogens is 1. The summed E-state index contributed by atoms with van der Waals surface area (Å²) in [6.07, 6.45) is -3.75. The van der Waals surface area contributed by atoms with E-state index < -0.39 is 47.4 Å². The highest BCUT2D eigenvalue weighted by atomic mass is 19.2. The molecule has 0 unspecified atom stereocenters. The number of halogens is 1. The molecule has 2 aromatic rings. The summed E-state index contributed by atoms with van der Waals surface area (Å²) in [5.74, 6) is -4.26. The maximum Gasteiger partial charge on any atom is 0.331 e. The molecule has 1 aliphatic heterocycles. The van der Waals surface area contributed by atoms with Crippen molar-refractivity contribution in [2.45, 2.75) is 23.8 Å². The van der Waals surface area contributed by atoms with Crippen LogP contribution in [0.3, 0.4) is 0 Å². The summed E-state index contributed by atoms with van der Waals surface area (Å²) in [4.78, 5) is 38.5. The van der Waals surface area contributed by atoms with Crippen molar-refractivity contribution in [2.24, 2.45) is 0 Å². The molecule has 0 saturated carbocycles. The van der Waals surface area contributed by atoms with Crippen molar-refractivity contribution in [2.75, 3.05) is 6.61 Å². The number of Topliss-reactive ketones (excluding diaryl/α,β-unsaturated/α-hetero) is 1. The number of aliphatic hydroxyl groups is 3. The Hall–Kier alpha value is -2.66. The summed E-state index contributed by atoms with van der Waals surface area (Å²) in [6.45, 7) is -1.38. The van der Waals surface area contributed by atoms with Gasteiger partial charge in [0.15, 0.2) is 0 Å². The molecule has 1 aromatic heterocycles. The number of ketones is 1. The minimum absolute atomic E-state index is 0.0564. The molecule has 9 nitrogen and oxygen atoms in total. The van der Waals surface area contributed by atoms with E-state index in [1.54, 1.807) is 6.07 Å². The number of hydrogen-bond acceptors (Lipinski definition) is 7. The molecular weight excluding hydrogens is 351 g/mol. The van der Waals surface area contributed by atoms with E-state index in [1.165, 1.54) is 24.3 Å². The highest BCUT2D eigenvalue weighted by molar-refractivity contribution is 6.01. The Labute approximate surface area is 144 Å². The van der Waals surface area contributed by atoms with E-state index in [2.05, 4.69) is 0 Å². The smallest absolute Gasteiger partial charge is 0.331 e. The molecule has 1 fully saturated rings. The molecule has 4 N–H and O–H groups in total. The maximum atomic E-state index is 14.7. The van der Waals surface area contributed by atoms with Crippen LogP contribution in [0.1, 0.15) is 10.4 Å². The van der Waals surface area contributed by atoms with Crippen LogP contribution in [0.4, 0.5) is 4.39 Å². The summed E-state index contributed by atoms with van der Waals surface area (Å²) < 4.78 is 20.2. The number of alkyl halides is 1. The van der Waals surface area contributed by atoms with Crippen molar-refractivity contribution >= 4 is 5.78 Å². The fourth-order valence-electron chi connectivity index (χ4n) is 2.91. The first-order valence-electron chi connectivity index (χ1n) is 7.54. The molecule has 1 aliphatic rings. The van der Waals surface area contributed by atoms with Crippen molar-refractivity contribution in [1.82, 2.24) is 9.55 Å². The van der Waals surface area contributed by atoms with Crippen LogP contribution in [-0.4, -0.2) is 55.3 Å². The van der Waals surface area contributed by atoms with Crippen LogP contribution >= 0.6 is 0 Å². The average molecular weight is 366 g/mol. The predicted octanol–water partition coefficient (Wildman–Crippen LogP) is -1.52. The third-order valence-electron chi connectivity index (χ3n) is 4.23. The van der Waals surface area contributed by atoms with Gasteiger partial charge in [0.25, 0.3) is 11.4 Å². The molecule has 0 spiro atoms. The molecule has 10 heteroatoms. The molecule has 2 heterocycles. The second-order valence-electron chi connectivity index (χ2n) is 5.81. The number of carbonyl (C=O) groups is 1. The second kappa shape index (κ2) is 6.25. The molecule has 1 aromatic carbocycles. The van der Waals surface area contributed by atoms with Gasteiger partial charge >= 0.3 is 5.69 Å². The van der Waals surface area contributed by atoms with E-state index in [9.17, 15) is 34.1 Å². The number of benzene rings is 1. The van der Waals surface area contributed by atoms with Crippen LogP contribution in [-0.2, 0) is 10.5 Å². The van der Waals surface area contributed by atoms with Crippen LogP contribution < -0.4 is 11.2 Å². The van der Waals surface area contributed by atoms with Gasteiger partial charge in [0.05, 0.1) is 0 Å². The van der Waals surface area contributed by atoms with E-state index in [1.807, 2.05) is 4.98 Å². The molecule has 0 radical (unpaired) electrons. The Bertz CT molecular complexity index is 943. The van der Waals surface area contributed by atoms with Gasteiger partial charge in [-0.1, -0.05) is 30.3 Å². The number of nitrogens with zero attached hydrogens (tertiary/aromatic N) is 1. The zero-order valence-electron chi connectivity index (χ0n) is 13.2. The fraction of sp³-hybridized carbons (Fsp3) is 0.312. The van der Waals surface area contributed by atoms with Gasteiger partial charge in [0.1, 0.15) is 18.8 Å². The summed E-state index contributed by atoms with van der Waals surface area (Å²) in [7, 11) is 0. The normalized spacial score (nSPS) is 31.1. The number of carbonyl (C=O) groups excluding carboxylic acids is 1. The van der Waals surface area contributed by atoms with Crippen LogP contribution in [0.15, 0.2) is 52.2 Å². The first-order chi connectivity index (χ1) is 12.3. The van der Waals surface area contributed by atoms with Crippen molar-refractivity contribution < 1.29 is 29.2 Å². The molecule has 0 bridgehead atoms. The topological polar surface area (TPSA) is 142 Å². The summed E-state index contributed by atoms with van der Waals surface area (Å²) in [5, 5.41) is 29.7. The van der Waals surface area contributed by atoms with Crippen molar-refractivity contribution in [3.05, 3.63) is 69.0 Å².